The summed E-state index contributed by atoms with van der Waals surface area (Å²) in [5.74, 6) is -1.03. The average molecular weight is 418 g/mol. The Morgan fingerprint density at radius 2 is 1.85 bits per heavy atom. The number of nitrogens with zero attached hydrogens (tertiary/aromatic N) is 2. The van der Waals surface area contributed by atoms with Crippen molar-refractivity contribution in [2.24, 2.45) is 5.10 Å². The highest BCUT2D eigenvalue weighted by Crippen LogP contribution is 2.26. The fourth-order valence-electron chi connectivity index (χ4n) is 1.87. The number of rotatable bonds is 6. The first-order chi connectivity index (χ1) is 12.2. The number of hydrogen-bond acceptors (Lipinski definition) is 4. The third-order valence-electron chi connectivity index (χ3n) is 3.24. The summed E-state index contributed by atoms with van der Waals surface area (Å²) in [5.41, 5.74) is 2.78. The van der Waals surface area contributed by atoms with Gasteiger partial charge in [0.15, 0.2) is 0 Å². The first kappa shape index (κ1) is 20.3. The van der Waals surface area contributed by atoms with Gasteiger partial charge in [-0.15, -0.1) is 0 Å². The minimum atomic E-state index is -3.92. The number of nitrogens with one attached hydrogen (secondary N) is 1. The van der Waals surface area contributed by atoms with Crippen LogP contribution in [-0.4, -0.2) is 38.4 Å². The summed E-state index contributed by atoms with van der Waals surface area (Å²) in [6.07, 6.45) is 1.31. The van der Waals surface area contributed by atoms with Gasteiger partial charge in [0.05, 0.1) is 27.7 Å². The predicted octanol–water partition coefficient (Wildman–Crippen LogP) is 2.90. The van der Waals surface area contributed by atoms with Crippen LogP contribution in [0.25, 0.3) is 0 Å². The van der Waals surface area contributed by atoms with Crippen LogP contribution in [0.2, 0.25) is 10.0 Å². The Morgan fingerprint density at radius 1 is 1.19 bits per heavy atom. The van der Waals surface area contributed by atoms with Crippen molar-refractivity contribution in [3.63, 3.8) is 0 Å². The molecule has 0 bridgehead atoms. The van der Waals surface area contributed by atoms with Crippen LogP contribution in [0, 0.1) is 5.82 Å². The van der Waals surface area contributed by atoms with Crippen LogP contribution in [-0.2, 0) is 14.8 Å². The van der Waals surface area contributed by atoms with E-state index in [0.29, 0.717) is 5.56 Å². The van der Waals surface area contributed by atoms with Crippen molar-refractivity contribution in [2.45, 2.75) is 4.90 Å². The molecule has 0 unspecified atom stereocenters. The summed E-state index contributed by atoms with van der Waals surface area (Å²) in [5, 5.41) is 4.01. The zero-order chi connectivity index (χ0) is 19.3. The molecule has 2 aromatic rings. The lowest BCUT2D eigenvalue weighted by Gasteiger charge is -2.16. The van der Waals surface area contributed by atoms with E-state index in [2.05, 4.69) is 10.5 Å². The van der Waals surface area contributed by atoms with Crippen molar-refractivity contribution < 1.29 is 17.6 Å². The fourth-order valence-corrected chi connectivity index (χ4v) is 3.38. The van der Waals surface area contributed by atoms with E-state index in [1.54, 1.807) is 0 Å². The molecule has 26 heavy (non-hydrogen) atoms. The molecule has 6 nitrogen and oxygen atoms in total. The second-order valence-corrected chi connectivity index (χ2v) is 8.04. The van der Waals surface area contributed by atoms with Crippen molar-refractivity contribution in [1.82, 2.24) is 9.73 Å². The lowest BCUT2D eigenvalue weighted by atomic mass is 10.2. The third kappa shape index (κ3) is 5.25. The molecule has 1 N–H and O–H groups in total. The van der Waals surface area contributed by atoms with Crippen molar-refractivity contribution in [2.75, 3.05) is 13.6 Å². The van der Waals surface area contributed by atoms with E-state index in [4.69, 9.17) is 23.2 Å². The highest BCUT2D eigenvalue weighted by Gasteiger charge is 2.23. The Bertz CT molecular complexity index is 934. The lowest BCUT2D eigenvalue weighted by Crippen LogP contribution is -2.36. The molecular formula is C16H14Cl2FN3O3S. The van der Waals surface area contributed by atoms with Gasteiger partial charge >= 0.3 is 0 Å². The van der Waals surface area contributed by atoms with Gasteiger partial charge in [0.1, 0.15) is 5.82 Å². The van der Waals surface area contributed by atoms with Crippen LogP contribution < -0.4 is 5.43 Å². The van der Waals surface area contributed by atoms with E-state index in [1.807, 2.05) is 0 Å². The fraction of sp³-hybridized carbons (Fsp3) is 0.125. The van der Waals surface area contributed by atoms with Gasteiger partial charge in [0.2, 0.25) is 10.0 Å². The van der Waals surface area contributed by atoms with E-state index in [1.165, 1.54) is 55.7 Å². The van der Waals surface area contributed by atoms with Gasteiger partial charge in [-0.2, -0.15) is 9.41 Å². The Hall–Kier alpha value is -2.00. The predicted molar refractivity (Wildman–Crippen MR) is 98.4 cm³/mol. The Labute approximate surface area is 160 Å². The van der Waals surface area contributed by atoms with Gasteiger partial charge in [0, 0.05) is 7.05 Å². The molecule has 2 rings (SSSR count). The molecule has 0 saturated carbocycles. The Kier molecular flexibility index (Phi) is 6.71. The highest BCUT2D eigenvalue weighted by molar-refractivity contribution is 7.89. The number of sulfonamides is 1. The number of carbonyl (C=O) groups is 1. The van der Waals surface area contributed by atoms with Gasteiger partial charge in [-0.05, 0) is 35.9 Å². The SMILES string of the molecule is CN(CC(=O)N/N=C\c1ccc(F)cc1)S(=O)(=O)c1ccc(Cl)c(Cl)c1. The van der Waals surface area contributed by atoms with Crippen LogP contribution >= 0.6 is 23.2 Å². The number of amides is 1. The number of hydrogen-bond donors (Lipinski definition) is 1. The second kappa shape index (κ2) is 8.59. The molecule has 0 heterocycles. The summed E-state index contributed by atoms with van der Waals surface area (Å²) in [6.45, 7) is -0.455. The topological polar surface area (TPSA) is 78.8 Å². The molecule has 0 aliphatic carbocycles. The average Bonchev–Trinajstić information content (AvgIpc) is 2.59. The molecule has 2 aromatic carbocycles. The van der Waals surface area contributed by atoms with Gasteiger partial charge < -0.3 is 0 Å². The highest BCUT2D eigenvalue weighted by atomic mass is 35.5. The zero-order valence-electron chi connectivity index (χ0n) is 13.5. The van der Waals surface area contributed by atoms with E-state index < -0.39 is 22.5 Å². The molecule has 0 atom stereocenters. The normalized spacial score (nSPS) is 11.9. The molecule has 0 aromatic heterocycles. The summed E-state index contributed by atoms with van der Waals surface area (Å²) in [4.78, 5) is 11.8. The number of likely N-dealkylation sites (N-methyl/N-ethyl adjacent to an activating group) is 1. The van der Waals surface area contributed by atoms with Crippen LogP contribution in [0.3, 0.4) is 0 Å². The Morgan fingerprint density at radius 3 is 2.46 bits per heavy atom. The first-order valence-corrected chi connectivity index (χ1v) is 9.38. The smallest absolute Gasteiger partial charge is 0.255 e. The summed E-state index contributed by atoms with van der Waals surface area (Å²) in [6, 6.07) is 9.32. The van der Waals surface area contributed by atoms with Crippen LogP contribution in [0.15, 0.2) is 52.5 Å². The molecule has 0 radical (unpaired) electrons. The van der Waals surface area contributed by atoms with Gasteiger partial charge in [0.25, 0.3) is 5.91 Å². The van der Waals surface area contributed by atoms with Crippen molar-refractivity contribution >= 4 is 45.3 Å². The molecule has 1 amide bonds. The summed E-state index contributed by atoms with van der Waals surface area (Å²) in [7, 11) is -2.67. The number of benzene rings is 2. The molecule has 138 valence electrons. The zero-order valence-corrected chi connectivity index (χ0v) is 15.8. The number of hydrazone groups is 1. The third-order valence-corrected chi connectivity index (χ3v) is 5.78. The van der Waals surface area contributed by atoms with Crippen LogP contribution in [0.4, 0.5) is 4.39 Å². The van der Waals surface area contributed by atoms with Gasteiger partial charge in [-0.3, -0.25) is 4.79 Å². The van der Waals surface area contributed by atoms with Crippen molar-refractivity contribution in [1.29, 1.82) is 0 Å². The van der Waals surface area contributed by atoms with Crippen molar-refractivity contribution in [3.8, 4) is 0 Å². The minimum Gasteiger partial charge on any atom is -0.272 e. The summed E-state index contributed by atoms with van der Waals surface area (Å²) < 4.78 is 38.5. The number of carbonyl (C=O) groups excluding carboxylic acids is 1. The monoisotopic (exact) mass is 417 g/mol. The summed E-state index contributed by atoms with van der Waals surface area (Å²) >= 11 is 11.6. The molecule has 0 saturated heterocycles. The van der Waals surface area contributed by atoms with Gasteiger partial charge in [-0.25, -0.2) is 18.2 Å². The molecule has 0 fully saturated rings. The van der Waals surface area contributed by atoms with E-state index in [-0.39, 0.29) is 20.8 Å². The van der Waals surface area contributed by atoms with E-state index in [0.717, 1.165) is 4.31 Å². The first-order valence-electron chi connectivity index (χ1n) is 7.19. The van der Waals surface area contributed by atoms with Crippen molar-refractivity contribution in [3.05, 3.63) is 63.9 Å². The molecule has 0 aliphatic rings. The standard InChI is InChI=1S/C16H14Cl2FN3O3S/c1-22(26(24,25)13-6-7-14(17)15(18)8-13)10-16(23)21-20-9-11-2-4-12(19)5-3-11/h2-9H,10H2,1H3,(H,21,23)/b20-9-. The van der Waals surface area contributed by atoms with E-state index in [9.17, 15) is 17.6 Å². The molecular weight excluding hydrogens is 404 g/mol. The molecule has 0 spiro atoms. The van der Waals surface area contributed by atoms with Gasteiger partial charge in [-0.1, -0.05) is 35.3 Å². The maximum atomic E-state index is 12.8. The largest absolute Gasteiger partial charge is 0.272 e. The molecule has 10 heteroatoms. The van der Waals surface area contributed by atoms with Crippen LogP contribution in [0.5, 0.6) is 0 Å². The maximum Gasteiger partial charge on any atom is 0.255 e. The minimum absolute atomic E-state index is 0.0861. The van der Waals surface area contributed by atoms with E-state index >= 15 is 0 Å². The molecule has 0 aliphatic heterocycles. The lowest BCUT2D eigenvalue weighted by molar-refractivity contribution is -0.121. The number of halogens is 3. The quantitative estimate of drug-likeness (QED) is 0.579. The van der Waals surface area contributed by atoms with Crippen LogP contribution in [0.1, 0.15) is 5.56 Å². The second-order valence-electron chi connectivity index (χ2n) is 5.18. The Balaban J connectivity index is 1.99. The maximum absolute atomic E-state index is 12.8.